The first-order valence-electron chi connectivity index (χ1n) is 11.9. The zero-order valence-electron chi connectivity index (χ0n) is 19.9. The van der Waals surface area contributed by atoms with Crippen LogP contribution in [0.1, 0.15) is 72.4 Å². The van der Waals surface area contributed by atoms with Gasteiger partial charge in [-0.25, -0.2) is 0 Å². The van der Waals surface area contributed by atoms with Crippen molar-refractivity contribution < 1.29 is 9.59 Å². The van der Waals surface area contributed by atoms with Crippen molar-refractivity contribution in [2.24, 2.45) is 0 Å². The van der Waals surface area contributed by atoms with E-state index in [1.807, 2.05) is 18.2 Å². The fourth-order valence-corrected chi connectivity index (χ4v) is 5.43. The summed E-state index contributed by atoms with van der Waals surface area (Å²) in [6, 6.07) is 12.1. The van der Waals surface area contributed by atoms with Crippen molar-refractivity contribution in [3.8, 4) is 0 Å². The minimum Gasteiger partial charge on any atom is -0.303 e. The molecule has 2 aromatic rings. The molecule has 0 unspecified atom stereocenters. The quantitative estimate of drug-likeness (QED) is 0.336. The number of carbonyl (C=O) groups excluding carboxylic acids is 2. The van der Waals surface area contributed by atoms with Gasteiger partial charge in [-0.1, -0.05) is 63.7 Å². The Morgan fingerprint density at radius 3 is 2.06 bits per heavy atom. The molecule has 1 aliphatic rings. The van der Waals surface area contributed by atoms with Crippen LogP contribution < -0.4 is 0 Å². The van der Waals surface area contributed by atoms with Crippen molar-refractivity contribution >= 4 is 23.3 Å². The Morgan fingerprint density at radius 2 is 1.44 bits per heavy atom. The van der Waals surface area contributed by atoms with Crippen LogP contribution in [0.25, 0.3) is 0 Å². The van der Waals surface area contributed by atoms with Crippen LogP contribution in [0.2, 0.25) is 0 Å². The predicted octanol–water partition coefficient (Wildman–Crippen LogP) is 5.57. The highest BCUT2D eigenvalue weighted by atomic mass is 32.2. The third kappa shape index (κ3) is 5.89. The Kier molecular flexibility index (Phi) is 9.09. The monoisotopic (exact) mass is 452 g/mol. The molecule has 0 N–H and O–H groups in total. The summed E-state index contributed by atoms with van der Waals surface area (Å²) in [4.78, 5) is 32.6. The first-order valence-corrected chi connectivity index (χ1v) is 12.8. The maximum atomic E-state index is 13.0. The molecule has 0 amide bonds. The molecule has 172 valence electrons. The van der Waals surface area contributed by atoms with Crippen molar-refractivity contribution in [1.29, 1.82) is 0 Å². The lowest BCUT2D eigenvalue weighted by molar-refractivity contribution is 0.0957. The number of rotatable bonds is 12. The highest BCUT2D eigenvalue weighted by Gasteiger charge is 2.23. The summed E-state index contributed by atoms with van der Waals surface area (Å²) in [6.45, 7) is 14.0. The van der Waals surface area contributed by atoms with Gasteiger partial charge < -0.3 is 9.80 Å². The van der Waals surface area contributed by atoms with E-state index in [0.29, 0.717) is 12.8 Å². The van der Waals surface area contributed by atoms with Crippen LogP contribution in [0, 0.1) is 0 Å². The number of carbonyl (C=O) groups is 2. The van der Waals surface area contributed by atoms with Gasteiger partial charge in [0.1, 0.15) is 0 Å². The number of nitrogens with zero attached hydrogens (tertiary/aromatic N) is 2. The van der Waals surface area contributed by atoms with Crippen LogP contribution in [-0.4, -0.2) is 60.6 Å². The highest BCUT2D eigenvalue weighted by Crippen LogP contribution is 2.42. The molecule has 2 aromatic carbocycles. The van der Waals surface area contributed by atoms with E-state index in [0.717, 1.165) is 66.6 Å². The zero-order chi connectivity index (χ0) is 23.1. The molecular formula is C27H36N2O2S. The van der Waals surface area contributed by atoms with E-state index in [9.17, 15) is 9.59 Å². The summed E-state index contributed by atoms with van der Waals surface area (Å²) in [6.07, 6.45) is 1.87. The van der Waals surface area contributed by atoms with Gasteiger partial charge in [-0.15, -0.1) is 0 Å². The minimum absolute atomic E-state index is 0.204. The van der Waals surface area contributed by atoms with Crippen LogP contribution in [0.4, 0.5) is 0 Å². The summed E-state index contributed by atoms with van der Waals surface area (Å²) in [5, 5.41) is 0. The molecule has 0 spiro atoms. The first kappa shape index (κ1) is 24.7. The molecule has 0 saturated carbocycles. The molecule has 3 rings (SSSR count). The van der Waals surface area contributed by atoms with Gasteiger partial charge >= 0.3 is 0 Å². The average molecular weight is 453 g/mol. The van der Waals surface area contributed by atoms with Crippen LogP contribution in [0.5, 0.6) is 0 Å². The van der Waals surface area contributed by atoms with E-state index in [1.165, 1.54) is 11.1 Å². The number of hydrogen-bond acceptors (Lipinski definition) is 5. The largest absolute Gasteiger partial charge is 0.303 e. The maximum Gasteiger partial charge on any atom is 0.165 e. The molecule has 0 bridgehead atoms. The number of hydrogen-bond donors (Lipinski definition) is 0. The fraction of sp³-hybridized carbons (Fsp3) is 0.481. The zero-order valence-corrected chi connectivity index (χ0v) is 20.8. The van der Waals surface area contributed by atoms with Crippen LogP contribution in [0.15, 0.2) is 46.2 Å². The van der Waals surface area contributed by atoms with Crippen LogP contribution in [-0.2, 0) is 6.42 Å². The van der Waals surface area contributed by atoms with Crippen molar-refractivity contribution in [1.82, 2.24) is 9.80 Å². The molecule has 0 atom stereocenters. The molecular weight excluding hydrogens is 416 g/mol. The van der Waals surface area contributed by atoms with Gasteiger partial charge in [-0.2, -0.15) is 0 Å². The van der Waals surface area contributed by atoms with E-state index in [-0.39, 0.29) is 11.6 Å². The standard InChI is InChI=1S/C27H36N2O2S/c1-5-28(6-2)16-14-24(30)20-12-13-26-22(18-20)19-21-10-9-11-23(27(21)32-26)25(31)15-17-29(7-3)8-4/h9-13,18H,5-8,14-17,19H2,1-4H3. The lowest BCUT2D eigenvalue weighted by Crippen LogP contribution is -2.26. The Balaban J connectivity index is 1.73. The SMILES string of the molecule is CCN(CC)CCC(=O)c1ccc2c(c1)Cc1cccc(C(=O)CCN(CC)CC)c1S2. The molecule has 0 fully saturated rings. The second-order valence-electron chi connectivity index (χ2n) is 8.30. The second kappa shape index (κ2) is 11.8. The molecule has 1 aliphatic heterocycles. The molecule has 0 radical (unpaired) electrons. The van der Waals surface area contributed by atoms with Crippen molar-refractivity contribution in [2.75, 3.05) is 39.3 Å². The third-order valence-corrected chi connectivity index (χ3v) is 7.78. The second-order valence-corrected chi connectivity index (χ2v) is 9.35. The van der Waals surface area contributed by atoms with E-state index < -0.39 is 0 Å². The summed E-state index contributed by atoms with van der Waals surface area (Å²) < 4.78 is 0. The summed E-state index contributed by atoms with van der Waals surface area (Å²) >= 11 is 1.68. The van der Waals surface area contributed by atoms with E-state index in [2.05, 4.69) is 55.7 Å². The van der Waals surface area contributed by atoms with E-state index >= 15 is 0 Å². The minimum atomic E-state index is 0.204. The van der Waals surface area contributed by atoms with Gasteiger partial charge in [0.25, 0.3) is 0 Å². The van der Waals surface area contributed by atoms with Gasteiger partial charge in [-0.3, -0.25) is 9.59 Å². The Morgan fingerprint density at radius 1 is 0.812 bits per heavy atom. The van der Waals surface area contributed by atoms with Crippen molar-refractivity contribution in [2.45, 2.75) is 56.7 Å². The Labute approximate surface area is 197 Å². The molecule has 5 heteroatoms. The first-order chi connectivity index (χ1) is 15.5. The normalized spacial score (nSPS) is 12.7. The number of fused-ring (bicyclic) bond motifs is 2. The molecule has 1 heterocycles. The molecule has 4 nitrogen and oxygen atoms in total. The highest BCUT2D eigenvalue weighted by molar-refractivity contribution is 7.99. The molecule has 32 heavy (non-hydrogen) atoms. The summed E-state index contributed by atoms with van der Waals surface area (Å²) in [5.41, 5.74) is 4.00. The Hall–Kier alpha value is -1.95. The van der Waals surface area contributed by atoms with Gasteiger partial charge in [0.15, 0.2) is 11.6 Å². The third-order valence-electron chi connectivity index (χ3n) is 6.47. The van der Waals surface area contributed by atoms with Gasteiger partial charge in [0, 0.05) is 46.8 Å². The van der Waals surface area contributed by atoms with Crippen LogP contribution >= 0.6 is 11.8 Å². The summed E-state index contributed by atoms with van der Waals surface area (Å²) in [5.74, 6) is 0.420. The fourth-order valence-electron chi connectivity index (χ4n) is 4.25. The number of Topliss-reactive ketones (excluding diaryl/α,β-unsaturated/α-hetero) is 2. The van der Waals surface area contributed by atoms with Crippen LogP contribution in [0.3, 0.4) is 0 Å². The topological polar surface area (TPSA) is 40.6 Å². The van der Waals surface area contributed by atoms with Gasteiger partial charge in [-0.05, 0) is 55.9 Å². The molecule has 0 saturated heterocycles. The van der Waals surface area contributed by atoms with Crippen molar-refractivity contribution in [3.05, 3.63) is 58.7 Å². The number of ketones is 2. The maximum absolute atomic E-state index is 13.0. The number of benzene rings is 2. The lowest BCUT2D eigenvalue weighted by atomic mass is 9.97. The Bertz CT molecular complexity index is 949. The average Bonchev–Trinajstić information content (AvgIpc) is 2.82. The smallest absolute Gasteiger partial charge is 0.165 e. The summed E-state index contributed by atoms with van der Waals surface area (Å²) in [7, 11) is 0. The lowest BCUT2D eigenvalue weighted by Gasteiger charge is -2.23. The molecule has 0 aromatic heterocycles. The molecule has 0 aliphatic carbocycles. The van der Waals surface area contributed by atoms with E-state index in [4.69, 9.17) is 0 Å². The van der Waals surface area contributed by atoms with E-state index in [1.54, 1.807) is 11.8 Å². The van der Waals surface area contributed by atoms with Gasteiger partial charge in [0.05, 0.1) is 0 Å². The predicted molar refractivity (Wildman–Crippen MR) is 133 cm³/mol. The van der Waals surface area contributed by atoms with Crippen molar-refractivity contribution in [3.63, 3.8) is 0 Å². The van der Waals surface area contributed by atoms with Gasteiger partial charge in [0.2, 0.25) is 0 Å².